The molecule has 2 aromatic carbocycles. The number of ether oxygens (including phenoxy) is 1. The fourth-order valence-electron chi connectivity index (χ4n) is 3.25. The normalized spacial score (nSPS) is 16.1. The number of primary sulfonamides is 1. The molecule has 32 heavy (non-hydrogen) atoms. The highest BCUT2D eigenvalue weighted by Gasteiger charge is 2.32. The van der Waals surface area contributed by atoms with Crippen LogP contribution in [0.3, 0.4) is 0 Å². The Morgan fingerprint density at radius 3 is 2.62 bits per heavy atom. The first-order valence-electron chi connectivity index (χ1n) is 9.63. The van der Waals surface area contributed by atoms with Crippen LogP contribution in [0.2, 0.25) is 0 Å². The van der Waals surface area contributed by atoms with Gasteiger partial charge < -0.3 is 15.4 Å². The third-order valence-corrected chi connectivity index (χ3v) is 5.98. The van der Waals surface area contributed by atoms with E-state index in [1.54, 1.807) is 12.1 Å². The monoisotopic (exact) mass is 486 g/mol. The van der Waals surface area contributed by atoms with Crippen LogP contribution >= 0.6 is 12.2 Å². The molecule has 0 spiro atoms. The molecule has 1 atom stereocenters. The van der Waals surface area contributed by atoms with E-state index in [1.165, 1.54) is 0 Å². The summed E-state index contributed by atoms with van der Waals surface area (Å²) in [5.41, 5.74) is 2.05. The molecule has 3 rings (SSSR count). The Morgan fingerprint density at radius 1 is 1.25 bits per heavy atom. The Labute approximate surface area is 188 Å². The zero-order chi connectivity index (χ0) is 23.5. The van der Waals surface area contributed by atoms with Gasteiger partial charge in [0.1, 0.15) is 0 Å². The molecule has 1 aliphatic rings. The van der Waals surface area contributed by atoms with E-state index in [2.05, 4.69) is 27.3 Å². The number of anilines is 2. The standard InChI is InChI=1S/C20H21F3N4O3S2/c1-2-12-6-8-14-15(25-11-12)4-3-5-16(14)26-19(31)27-17-10-13(32(24,28)29)7-9-18(17)30-20(21,22)23/h3-5,7,9-12H,2,6,8H2,1H3,(H2,24,28,29)(H2,26,27,31). The van der Waals surface area contributed by atoms with Crippen LogP contribution in [0.5, 0.6) is 5.75 Å². The number of nitrogens with one attached hydrogen (secondary N) is 2. The van der Waals surface area contributed by atoms with E-state index in [0.29, 0.717) is 11.6 Å². The van der Waals surface area contributed by atoms with Crippen molar-refractivity contribution in [2.75, 3.05) is 10.6 Å². The number of halogens is 3. The number of benzene rings is 2. The quantitative estimate of drug-likeness (QED) is 0.529. The van der Waals surface area contributed by atoms with Gasteiger partial charge in [-0.25, -0.2) is 13.6 Å². The van der Waals surface area contributed by atoms with Crippen molar-refractivity contribution in [2.45, 2.75) is 37.4 Å². The lowest BCUT2D eigenvalue weighted by Gasteiger charge is -2.18. The van der Waals surface area contributed by atoms with E-state index in [0.717, 1.165) is 48.7 Å². The highest BCUT2D eigenvalue weighted by molar-refractivity contribution is 7.89. The van der Waals surface area contributed by atoms with E-state index in [-0.39, 0.29) is 10.8 Å². The van der Waals surface area contributed by atoms with Crippen molar-refractivity contribution in [3.63, 3.8) is 0 Å². The fourth-order valence-corrected chi connectivity index (χ4v) is 4.01. The second-order valence-electron chi connectivity index (χ2n) is 7.12. The van der Waals surface area contributed by atoms with E-state index in [9.17, 15) is 21.6 Å². The Hall–Kier alpha value is -2.70. The van der Waals surface area contributed by atoms with E-state index in [1.807, 2.05) is 12.3 Å². The maximum absolute atomic E-state index is 12.8. The number of thiocarbonyl (C=S) groups is 1. The second kappa shape index (κ2) is 9.43. The van der Waals surface area contributed by atoms with Crippen molar-refractivity contribution in [2.24, 2.45) is 16.0 Å². The van der Waals surface area contributed by atoms with Crippen LogP contribution in [0.15, 0.2) is 46.3 Å². The first kappa shape index (κ1) is 24.0. The number of aliphatic imine (C=N–C) groups is 1. The van der Waals surface area contributed by atoms with Gasteiger partial charge in [-0.2, -0.15) is 0 Å². The zero-order valence-electron chi connectivity index (χ0n) is 16.9. The van der Waals surface area contributed by atoms with Crippen LogP contribution in [0, 0.1) is 5.92 Å². The Morgan fingerprint density at radius 2 is 1.97 bits per heavy atom. The molecule has 4 N–H and O–H groups in total. The SMILES string of the molecule is CCC1C=Nc2cccc(NC(=S)Nc3cc(S(N)(=O)=O)ccc3OC(F)(F)F)c2CC1. The molecule has 7 nitrogen and oxygen atoms in total. The summed E-state index contributed by atoms with van der Waals surface area (Å²) in [6.07, 6.45) is -0.470. The van der Waals surface area contributed by atoms with Gasteiger partial charge in [0.2, 0.25) is 10.0 Å². The molecule has 1 aliphatic heterocycles. The lowest BCUT2D eigenvalue weighted by Crippen LogP contribution is -2.23. The minimum Gasteiger partial charge on any atom is -0.404 e. The highest BCUT2D eigenvalue weighted by atomic mass is 32.2. The third-order valence-electron chi connectivity index (χ3n) is 4.87. The smallest absolute Gasteiger partial charge is 0.404 e. The summed E-state index contributed by atoms with van der Waals surface area (Å²) in [5.74, 6) is -0.306. The highest BCUT2D eigenvalue weighted by Crippen LogP contribution is 2.34. The van der Waals surface area contributed by atoms with Gasteiger partial charge in [0, 0.05) is 17.5 Å². The molecule has 0 saturated carbocycles. The molecule has 12 heteroatoms. The van der Waals surface area contributed by atoms with E-state index in [4.69, 9.17) is 17.4 Å². The van der Waals surface area contributed by atoms with Crippen molar-refractivity contribution in [1.82, 2.24) is 0 Å². The largest absolute Gasteiger partial charge is 0.573 e. The number of hydrogen-bond acceptors (Lipinski definition) is 5. The second-order valence-corrected chi connectivity index (χ2v) is 9.09. The van der Waals surface area contributed by atoms with Gasteiger partial charge in [0.25, 0.3) is 0 Å². The summed E-state index contributed by atoms with van der Waals surface area (Å²) in [7, 11) is -4.16. The van der Waals surface area contributed by atoms with E-state index >= 15 is 0 Å². The minimum absolute atomic E-state index is 0.0581. The van der Waals surface area contributed by atoms with Gasteiger partial charge in [0.15, 0.2) is 10.9 Å². The summed E-state index contributed by atoms with van der Waals surface area (Å²) in [6.45, 7) is 2.08. The molecule has 0 fully saturated rings. The van der Waals surface area contributed by atoms with Gasteiger partial charge in [0.05, 0.1) is 16.3 Å². The van der Waals surface area contributed by atoms with Crippen LogP contribution in [-0.4, -0.2) is 26.1 Å². The molecular formula is C20H21F3N4O3S2. The lowest BCUT2D eigenvalue weighted by atomic mass is 9.98. The summed E-state index contributed by atoms with van der Waals surface area (Å²) < 4.78 is 65.6. The number of nitrogens with zero attached hydrogens (tertiary/aromatic N) is 1. The Kier molecular flexibility index (Phi) is 7.06. The van der Waals surface area contributed by atoms with Crippen molar-refractivity contribution in [3.8, 4) is 5.75 Å². The minimum atomic E-state index is -4.99. The Balaban J connectivity index is 1.86. The number of hydrogen-bond donors (Lipinski definition) is 3. The molecule has 172 valence electrons. The summed E-state index contributed by atoms with van der Waals surface area (Å²) in [5, 5.41) is 10.6. The van der Waals surface area contributed by atoms with Crippen molar-refractivity contribution in [1.29, 1.82) is 0 Å². The molecule has 2 aromatic rings. The Bertz CT molecular complexity index is 1150. The predicted octanol–water partition coefficient (Wildman–Crippen LogP) is 4.72. The predicted molar refractivity (Wildman–Crippen MR) is 121 cm³/mol. The number of fused-ring (bicyclic) bond motifs is 1. The molecule has 1 unspecified atom stereocenters. The first-order chi connectivity index (χ1) is 15.0. The van der Waals surface area contributed by atoms with Crippen LogP contribution in [0.4, 0.5) is 30.2 Å². The summed E-state index contributed by atoms with van der Waals surface area (Å²) >= 11 is 5.26. The number of alkyl halides is 3. The molecule has 1 heterocycles. The number of sulfonamides is 1. The van der Waals surface area contributed by atoms with Gasteiger partial charge in [-0.1, -0.05) is 13.0 Å². The molecule has 0 aromatic heterocycles. The van der Waals surface area contributed by atoms with Gasteiger partial charge >= 0.3 is 6.36 Å². The molecule has 0 aliphatic carbocycles. The maximum Gasteiger partial charge on any atom is 0.573 e. The van der Waals surface area contributed by atoms with Gasteiger partial charge in [-0.3, -0.25) is 4.99 Å². The van der Waals surface area contributed by atoms with Crippen LogP contribution in [0.25, 0.3) is 0 Å². The number of nitrogens with two attached hydrogens (primary N) is 1. The van der Waals surface area contributed by atoms with Crippen molar-refractivity contribution in [3.05, 3.63) is 42.0 Å². The van der Waals surface area contributed by atoms with Crippen LogP contribution < -0.4 is 20.5 Å². The van der Waals surface area contributed by atoms with Crippen molar-refractivity contribution < 1.29 is 26.3 Å². The van der Waals surface area contributed by atoms with Crippen molar-refractivity contribution >= 4 is 50.6 Å². The van der Waals surface area contributed by atoms with Gasteiger partial charge in [-0.15, -0.1) is 13.2 Å². The van der Waals surface area contributed by atoms with Crippen LogP contribution in [0.1, 0.15) is 25.3 Å². The molecular weight excluding hydrogens is 465 g/mol. The molecule has 0 saturated heterocycles. The topological polar surface area (TPSA) is 106 Å². The summed E-state index contributed by atoms with van der Waals surface area (Å²) in [4.78, 5) is 4.13. The molecule has 0 radical (unpaired) electrons. The fraction of sp³-hybridized carbons (Fsp3) is 0.300. The molecule has 0 amide bonds. The molecule has 0 bridgehead atoms. The van der Waals surface area contributed by atoms with Gasteiger partial charge in [-0.05, 0) is 67.7 Å². The van der Waals surface area contributed by atoms with Crippen LogP contribution in [-0.2, 0) is 16.4 Å². The average molecular weight is 487 g/mol. The maximum atomic E-state index is 12.8. The van der Waals surface area contributed by atoms with E-state index < -0.39 is 27.0 Å². The summed E-state index contributed by atoms with van der Waals surface area (Å²) in [6, 6.07) is 8.13. The zero-order valence-corrected chi connectivity index (χ0v) is 18.6. The lowest BCUT2D eigenvalue weighted by molar-refractivity contribution is -0.274. The third kappa shape index (κ3) is 6.17. The number of rotatable bonds is 5. The average Bonchev–Trinajstić information content (AvgIpc) is 2.90. The first-order valence-corrected chi connectivity index (χ1v) is 11.6.